The van der Waals surface area contributed by atoms with Gasteiger partial charge < -0.3 is 10.3 Å². The highest BCUT2D eigenvalue weighted by Crippen LogP contribution is 2.24. The van der Waals surface area contributed by atoms with Crippen molar-refractivity contribution in [3.63, 3.8) is 0 Å². The molecule has 0 amide bonds. The van der Waals surface area contributed by atoms with Gasteiger partial charge in [-0.05, 0) is 30.5 Å². The molecule has 0 bridgehead atoms. The Morgan fingerprint density at radius 2 is 1.84 bits per heavy atom. The molecular weight excluding hydrogens is 245 g/mol. The third-order valence-corrected chi connectivity index (χ3v) is 3.43. The first-order valence-electron chi connectivity index (χ1n) is 6.43. The molecule has 0 aliphatic carbocycles. The first-order chi connectivity index (χ1) is 9.07. The number of hydrogen-bond donors (Lipinski definition) is 1. The highest BCUT2D eigenvalue weighted by atomic mass is 19.1. The molecule has 0 radical (unpaired) electrons. The summed E-state index contributed by atoms with van der Waals surface area (Å²) in [5, 5.41) is 3.94. The number of benzene rings is 1. The molecule has 0 unspecified atom stereocenters. The Morgan fingerprint density at radius 1 is 1.21 bits per heavy atom. The van der Waals surface area contributed by atoms with E-state index in [0.717, 1.165) is 18.4 Å². The molecule has 0 saturated carbocycles. The van der Waals surface area contributed by atoms with Crippen molar-refractivity contribution < 1.29 is 8.91 Å². The molecule has 1 heterocycles. The fraction of sp³-hybridized carbons (Fsp3) is 0.429. The third-order valence-electron chi connectivity index (χ3n) is 3.43. The second-order valence-electron chi connectivity index (χ2n) is 4.68. The molecule has 102 valence electrons. The normalized spacial score (nSPS) is 11.8. The van der Waals surface area contributed by atoms with Crippen LogP contribution in [0.1, 0.15) is 44.0 Å². The molecule has 0 saturated heterocycles. The topological polar surface area (TPSA) is 64.9 Å². The molecule has 2 rings (SSSR count). The molecule has 19 heavy (non-hydrogen) atoms. The second kappa shape index (κ2) is 5.48. The summed E-state index contributed by atoms with van der Waals surface area (Å²) in [6, 6.07) is 6.25. The summed E-state index contributed by atoms with van der Waals surface area (Å²) in [6.45, 7) is 3.99. The van der Waals surface area contributed by atoms with Crippen molar-refractivity contribution in [1.82, 2.24) is 10.1 Å². The van der Waals surface area contributed by atoms with Gasteiger partial charge in [0.1, 0.15) is 5.82 Å². The standard InChI is InChI=1S/C14H18FN3O/c1-3-14(16,4-2)13-17-12(18-19-13)9-10-5-7-11(15)8-6-10/h5-8H,3-4,9,16H2,1-2H3. The van der Waals surface area contributed by atoms with E-state index in [2.05, 4.69) is 10.1 Å². The van der Waals surface area contributed by atoms with Gasteiger partial charge >= 0.3 is 0 Å². The van der Waals surface area contributed by atoms with Crippen LogP contribution in [0.2, 0.25) is 0 Å². The molecule has 1 aromatic heterocycles. The minimum absolute atomic E-state index is 0.254. The van der Waals surface area contributed by atoms with Crippen LogP contribution in [-0.2, 0) is 12.0 Å². The summed E-state index contributed by atoms with van der Waals surface area (Å²) in [5.74, 6) is 0.781. The molecule has 2 aromatic rings. The van der Waals surface area contributed by atoms with Crippen molar-refractivity contribution in [1.29, 1.82) is 0 Å². The Bertz CT molecular complexity index is 532. The lowest BCUT2D eigenvalue weighted by Gasteiger charge is -2.20. The highest BCUT2D eigenvalue weighted by Gasteiger charge is 2.29. The number of hydrogen-bond acceptors (Lipinski definition) is 4. The predicted octanol–water partition coefficient (Wildman–Crippen LogP) is 2.77. The number of halogens is 1. The second-order valence-corrected chi connectivity index (χ2v) is 4.68. The van der Waals surface area contributed by atoms with Gasteiger partial charge in [-0.1, -0.05) is 31.1 Å². The summed E-state index contributed by atoms with van der Waals surface area (Å²) in [6.07, 6.45) is 1.98. The van der Waals surface area contributed by atoms with Crippen molar-refractivity contribution in [2.75, 3.05) is 0 Å². The van der Waals surface area contributed by atoms with Crippen LogP contribution in [-0.4, -0.2) is 10.1 Å². The average Bonchev–Trinajstić information content (AvgIpc) is 2.89. The first kappa shape index (κ1) is 13.7. The smallest absolute Gasteiger partial charge is 0.246 e. The fourth-order valence-electron chi connectivity index (χ4n) is 1.87. The van der Waals surface area contributed by atoms with E-state index in [9.17, 15) is 4.39 Å². The van der Waals surface area contributed by atoms with Gasteiger partial charge in [-0.25, -0.2) is 4.39 Å². The van der Waals surface area contributed by atoms with Gasteiger partial charge in [0, 0.05) is 6.42 Å². The Labute approximate surface area is 111 Å². The summed E-state index contributed by atoms with van der Waals surface area (Å²) in [7, 11) is 0. The number of nitrogens with zero attached hydrogens (tertiary/aromatic N) is 2. The first-order valence-corrected chi connectivity index (χ1v) is 6.43. The molecule has 0 aliphatic heterocycles. The zero-order valence-corrected chi connectivity index (χ0v) is 11.2. The van der Waals surface area contributed by atoms with Crippen molar-refractivity contribution in [2.45, 2.75) is 38.6 Å². The Balaban J connectivity index is 2.15. The maximum absolute atomic E-state index is 12.8. The zero-order chi connectivity index (χ0) is 13.9. The Morgan fingerprint density at radius 3 is 2.42 bits per heavy atom. The van der Waals surface area contributed by atoms with Crippen molar-refractivity contribution in [3.05, 3.63) is 47.4 Å². The van der Waals surface area contributed by atoms with E-state index >= 15 is 0 Å². The number of aromatic nitrogens is 2. The molecule has 5 heteroatoms. The monoisotopic (exact) mass is 263 g/mol. The largest absolute Gasteiger partial charge is 0.337 e. The van der Waals surface area contributed by atoms with Gasteiger partial charge in [0.15, 0.2) is 5.82 Å². The minimum Gasteiger partial charge on any atom is -0.337 e. The summed E-state index contributed by atoms with van der Waals surface area (Å²) in [5.41, 5.74) is 6.57. The van der Waals surface area contributed by atoms with Crippen molar-refractivity contribution in [3.8, 4) is 0 Å². The maximum atomic E-state index is 12.8. The van der Waals surface area contributed by atoms with E-state index in [1.54, 1.807) is 12.1 Å². The molecule has 0 spiro atoms. The average molecular weight is 263 g/mol. The van der Waals surface area contributed by atoms with E-state index in [4.69, 9.17) is 10.3 Å². The van der Waals surface area contributed by atoms with Crippen molar-refractivity contribution >= 4 is 0 Å². The van der Waals surface area contributed by atoms with Gasteiger partial charge in [-0.2, -0.15) is 4.98 Å². The van der Waals surface area contributed by atoms with Crippen LogP contribution in [0.3, 0.4) is 0 Å². The maximum Gasteiger partial charge on any atom is 0.246 e. The molecule has 4 nitrogen and oxygen atoms in total. The molecule has 0 atom stereocenters. The van der Waals surface area contributed by atoms with Gasteiger partial charge in [-0.15, -0.1) is 0 Å². The van der Waals surface area contributed by atoms with E-state index < -0.39 is 5.54 Å². The van der Waals surface area contributed by atoms with Gasteiger partial charge in [0.05, 0.1) is 5.54 Å². The molecule has 2 N–H and O–H groups in total. The van der Waals surface area contributed by atoms with Crippen LogP contribution < -0.4 is 5.73 Å². The van der Waals surface area contributed by atoms with Crippen LogP contribution in [0.4, 0.5) is 4.39 Å². The van der Waals surface area contributed by atoms with E-state index in [1.165, 1.54) is 12.1 Å². The van der Waals surface area contributed by atoms with E-state index in [0.29, 0.717) is 18.1 Å². The number of nitrogens with two attached hydrogens (primary N) is 1. The van der Waals surface area contributed by atoms with Gasteiger partial charge in [0.25, 0.3) is 0 Å². The third kappa shape index (κ3) is 2.98. The lowest BCUT2D eigenvalue weighted by atomic mass is 9.94. The van der Waals surface area contributed by atoms with Crippen LogP contribution in [0.15, 0.2) is 28.8 Å². The molecule has 1 aromatic carbocycles. The van der Waals surface area contributed by atoms with Crippen LogP contribution in [0.5, 0.6) is 0 Å². The Hall–Kier alpha value is -1.75. The summed E-state index contributed by atoms with van der Waals surface area (Å²) < 4.78 is 18.1. The highest BCUT2D eigenvalue weighted by molar-refractivity contribution is 5.19. The fourth-order valence-corrected chi connectivity index (χ4v) is 1.87. The van der Waals surface area contributed by atoms with Gasteiger partial charge in [-0.3, -0.25) is 0 Å². The SMILES string of the molecule is CCC(N)(CC)c1nc(Cc2ccc(F)cc2)no1. The zero-order valence-electron chi connectivity index (χ0n) is 11.2. The summed E-state index contributed by atoms with van der Waals surface area (Å²) in [4.78, 5) is 4.35. The lowest BCUT2D eigenvalue weighted by molar-refractivity contribution is 0.267. The lowest BCUT2D eigenvalue weighted by Crippen LogP contribution is -2.35. The Kier molecular flexibility index (Phi) is 3.95. The van der Waals surface area contributed by atoms with Crippen LogP contribution in [0, 0.1) is 5.82 Å². The van der Waals surface area contributed by atoms with E-state index in [1.807, 2.05) is 13.8 Å². The molecule has 0 fully saturated rings. The van der Waals surface area contributed by atoms with Crippen LogP contribution >= 0.6 is 0 Å². The minimum atomic E-state index is -0.561. The summed E-state index contributed by atoms with van der Waals surface area (Å²) >= 11 is 0. The predicted molar refractivity (Wildman–Crippen MR) is 70.0 cm³/mol. The van der Waals surface area contributed by atoms with E-state index in [-0.39, 0.29) is 5.82 Å². The van der Waals surface area contributed by atoms with Crippen molar-refractivity contribution in [2.24, 2.45) is 5.73 Å². The molecular formula is C14H18FN3O. The quantitative estimate of drug-likeness (QED) is 0.900. The number of rotatable bonds is 5. The van der Waals surface area contributed by atoms with Crippen LogP contribution in [0.25, 0.3) is 0 Å². The van der Waals surface area contributed by atoms with Gasteiger partial charge in [0.2, 0.25) is 5.89 Å². The molecule has 0 aliphatic rings.